The molecule has 2 fully saturated rings. The van der Waals surface area contributed by atoms with E-state index in [-0.39, 0.29) is 24.3 Å². The van der Waals surface area contributed by atoms with E-state index in [4.69, 9.17) is 4.74 Å². The molecule has 1 amide bonds. The molecule has 144 valence electrons. The summed E-state index contributed by atoms with van der Waals surface area (Å²) < 4.78 is 6.83. The maximum absolute atomic E-state index is 12.8. The Kier molecular flexibility index (Phi) is 4.85. The van der Waals surface area contributed by atoms with Crippen molar-refractivity contribution in [1.29, 1.82) is 0 Å². The first-order chi connectivity index (χ1) is 13.1. The lowest BCUT2D eigenvalue weighted by atomic mass is 9.97. The number of amides is 1. The number of carbonyl (C=O) groups is 2. The second kappa shape index (κ2) is 7.29. The Balaban J connectivity index is 1.45. The van der Waals surface area contributed by atoms with Crippen molar-refractivity contribution in [2.45, 2.75) is 52.0 Å². The van der Waals surface area contributed by atoms with Crippen LogP contribution >= 0.6 is 0 Å². The van der Waals surface area contributed by atoms with Crippen LogP contribution in [0.15, 0.2) is 12.3 Å². The lowest BCUT2D eigenvalue weighted by molar-refractivity contribution is -0.151. The smallest absolute Gasteiger partial charge is 0.309 e. The Morgan fingerprint density at radius 3 is 2.63 bits per heavy atom. The van der Waals surface area contributed by atoms with E-state index in [0.29, 0.717) is 38.5 Å². The zero-order valence-electron chi connectivity index (χ0n) is 16.0. The van der Waals surface area contributed by atoms with Gasteiger partial charge < -0.3 is 9.64 Å². The number of piperidine rings is 1. The summed E-state index contributed by atoms with van der Waals surface area (Å²) in [6.45, 7) is 5.56. The number of carbonyl (C=O) groups excluding carboxylic acids is 2. The molecule has 0 unspecified atom stereocenters. The van der Waals surface area contributed by atoms with E-state index < -0.39 is 0 Å². The summed E-state index contributed by atoms with van der Waals surface area (Å²) in [7, 11) is 0. The predicted molar refractivity (Wildman–Crippen MR) is 100 cm³/mol. The fourth-order valence-corrected chi connectivity index (χ4v) is 4.01. The number of esters is 1. The molecule has 1 aliphatic carbocycles. The van der Waals surface area contributed by atoms with Crippen LogP contribution in [0.25, 0.3) is 11.0 Å². The molecule has 1 saturated heterocycles. The molecule has 2 aromatic rings. The van der Waals surface area contributed by atoms with Gasteiger partial charge in [-0.2, -0.15) is 5.10 Å². The molecule has 3 heterocycles. The van der Waals surface area contributed by atoms with E-state index in [1.165, 1.54) is 18.4 Å². The van der Waals surface area contributed by atoms with Gasteiger partial charge in [0.05, 0.1) is 18.2 Å². The Labute approximate surface area is 158 Å². The van der Waals surface area contributed by atoms with Gasteiger partial charge in [-0.1, -0.05) is 0 Å². The van der Waals surface area contributed by atoms with Crippen LogP contribution in [-0.4, -0.2) is 51.2 Å². The average Bonchev–Trinajstić information content (AvgIpc) is 3.47. The van der Waals surface area contributed by atoms with Gasteiger partial charge in [0.2, 0.25) is 5.91 Å². The molecular weight excluding hydrogens is 344 g/mol. The molecule has 0 aromatic carbocycles. The lowest BCUT2D eigenvalue weighted by Gasteiger charge is -2.30. The largest absolute Gasteiger partial charge is 0.466 e. The first-order valence-corrected chi connectivity index (χ1v) is 9.85. The number of hydrogen-bond donors (Lipinski definition) is 0. The van der Waals surface area contributed by atoms with Crippen molar-refractivity contribution in [2.24, 2.45) is 5.92 Å². The fourth-order valence-electron chi connectivity index (χ4n) is 4.01. The minimum atomic E-state index is -0.143. The number of hydrogen-bond acceptors (Lipinski definition) is 5. The fraction of sp³-hybridized carbons (Fsp3) is 0.600. The summed E-state index contributed by atoms with van der Waals surface area (Å²) in [6.07, 6.45) is 5.58. The highest BCUT2D eigenvalue weighted by Gasteiger charge is 2.30. The number of nitrogens with zero attached hydrogens (tertiary/aromatic N) is 4. The van der Waals surface area contributed by atoms with E-state index in [9.17, 15) is 9.59 Å². The van der Waals surface area contributed by atoms with Crippen LogP contribution in [0, 0.1) is 12.8 Å². The number of aryl methyl sites for hydroxylation is 1. The number of aromatic nitrogens is 3. The second-order valence-electron chi connectivity index (χ2n) is 7.52. The Hall–Kier alpha value is -2.44. The summed E-state index contributed by atoms with van der Waals surface area (Å²) in [4.78, 5) is 31.0. The standard InChI is InChI=1S/C20H26N4O3/c1-3-27-20(26)15-7-10-23(11-8-15)17(25)12-24-19-18(13(2)22-24)16(6-9-21-19)14-4-5-14/h6,9,14-15H,3-5,7-8,10-12H2,1-2H3. The monoisotopic (exact) mass is 370 g/mol. The highest BCUT2D eigenvalue weighted by atomic mass is 16.5. The highest BCUT2D eigenvalue weighted by molar-refractivity contribution is 5.85. The number of ether oxygens (including phenoxy) is 1. The van der Waals surface area contributed by atoms with Gasteiger partial charge in [-0.3, -0.25) is 9.59 Å². The maximum atomic E-state index is 12.8. The van der Waals surface area contributed by atoms with Gasteiger partial charge in [-0.25, -0.2) is 9.67 Å². The molecule has 27 heavy (non-hydrogen) atoms. The van der Waals surface area contributed by atoms with Crippen molar-refractivity contribution in [2.75, 3.05) is 19.7 Å². The summed E-state index contributed by atoms with van der Waals surface area (Å²) in [5, 5.41) is 5.70. The number of pyridine rings is 1. The molecular formula is C20H26N4O3. The molecule has 2 aromatic heterocycles. The van der Waals surface area contributed by atoms with Gasteiger partial charge in [0.25, 0.3) is 0 Å². The Bertz CT molecular complexity index is 863. The summed E-state index contributed by atoms with van der Waals surface area (Å²) in [5.41, 5.74) is 3.05. The number of likely N-dealkylation sites (tertiary alicyclic amines) is 1. The minimum Gasteiger partial charge on any atom is -0.466 e. The molecule has 7 nitrogen and oxygen atoms in total. The normalized spacial score (nSPS) is 18.1. The van der Waals surface area contributed by atoms with Gasteiger partial charge >= 0.3 is 5.97 Å². The van der Waals surface area contributed by atoms with E-state index in [2.05, 4.69) is 16.1 Å². The summed E-state index contributed by atoms with van der Waals surface area (Å²) >= 11 is 0. The van der Waals surface area contributed by atoms with Gasteiger partial charge in [0, 0.05) is 24.7 Å². The predicted octanol–water partition coefficient (Wildman–Crippen LogP) is 2.42. The van der Waals surface area contributed by atoms with Crippen LogP contribution in [0.5, 0.6) is 0 Å². The van der Waals surface area contributed by atoms with E-state index in [1.807, 2.05) is 24.9 Å². The Morgan fingerprint density at radius 1 is 1.22 bits per heavy atom. The van der Waals surface area contributed by atoms with Crippen molar-refractivity contribution >= 4 is 22.9 Å². The maximum Gasteiger partial charge on any atom is 0.309 e. The lowest BCUT2D eigenvalue weighted by Crippen LogP contribution is -2.42. The van der Waals surface area contributed by atoms with Crippen LogP contribution < -0.4 is 0 Å². The van der Waals surface area contributed by atoms with Crippen molar-refractivity contribution in [3.63, 3.8) is 0 Å². The van der Waals surface area contributed by atoms with Crippen molar-refractivity contribution in [3.8, 4) is 0 Å². The SMILES string of the molecule is CCOC(=O)C1CCN(C(=O)Cn2nc(C)c3c(C4CC4)ccnc32)CC1. The van der Waals surface area contributed by atoms with Gasteiger partial charge in [0.15, 0.2) is 5.65 Å². The quantitative estimate of drug-likeness (QED) is 0.756. The average molecular weight is 370 g/mol. The summed E-state index contributed by atoms with van der Waals surface area (Å²) in [5.74, 6) is 0.407. The summed E-state index contributed by atoms with van der Waals surface area (Å²) in [6, 6.07) is 2.08. The zero-order valence-corrected chi connectivity index (χ0v) is 16.0. The van der Waals surface area contributed by atoms with Crippen LogP contribution in [0.2, 0.25) is 0 Å². The number of fused-ring (bicyclic) bond motifs is 1. The van der Waals surface area contributed by atoms with Crippen LogP contribution in [-0.2, 0) is 20.9 Å². The molecule has 1 aliphatic heterocycles. The third kappa shape index (κ3) is 3.55. The van der Waals surface area contributed by atoms with E-state index in [0.717, 1.165) is 16.7 Å². The molecule has 0 bridgehead atoms. The van der Waals surface area contributed by atoms with Crippen LogP contribution in [0.1, 0.15) is 49.8 Å². The first-order valence-electron chi connectivity index (χ1n) is 9.85. The molecule has 0 N–H and O–H groups in total. The van der Waals surface area contributed by atoms with Gasteiger partial charge in [0.1, 0.15) is 6.54 Å². The molecule has 1 saturated carbocycles. The topological polar surface area (TPSA) is 77.3 Å². The molecule has 4 rings (SSSR count). The third-order valence-corrected chi connectivity index (χ3v) is 5.61. The minimum absolute atomic E-state index is 0.0281. The van der Waals surface area contributed by atoms with Gasteiger partial charge in [-0.05, 0) is 57.1 Å². The number of rotatable bonds is 5. The zero-order chi connectivity index (χ0) is 19.0. The van der Waals surface area contributed by atoms with Crippen LogP contribution in [0.3, 0.4) is 0 Å². The van der Waals surface area contributed by atoms with Crippen LogP contribution in [0.4, 0.5) is 0 Å². The molecule has 0 atom stereocenters. The van der Waals surface area contributed by atoms with Crippen molar-refractivity contribution < 1.29 is 14.3 Å². The third-order valence-electron chi connectivity index (χ3n) is 5.61. The van der Waals surface area contributed by atoms with Gasteiger partial charge in [-0.15, -0.1) is 0 Å². The molecule has 0 spiro atoms. The van der Waals surface area contributed by atoms with Crippen molar-refractivity contribution in [3.05, 3.63) is 23.5 Å². The van der Waals surface area contributed by atoms with E-state index in [1.54, 1.807) is 4.68 Å². The first kappa shape index (κ1) is 17.9. The highest BCUT2D eigenvalue weighted by Crippen LogP contribution is 2.43. The second-order valence-corrected chi connectivity index (χ2v) is 7.52. The molecule has 2 aliphatic rings. The molecule has 7 heteroatoms. The van der Waals surface area contributed by atoms with Crippen molar-refractivity contribution in [1.82, 2.24) is 19.7 Å². The Morgan fingerprint density at radius 2 is 1.96 bits per heavy atom. The van der Waals surface area contributed by atoms with E-state index >= 15 is 0 Å². The molecule has 0 radical (unpaired) electrons.